The summed E-state index contributed by atoms with van der Waals surface area (Å²) in [7, 11) is 0. The number of nitrogens with one attached hydrogen (secondary N) is 1. The van der Waals surface area contributed by atoms with Crippen LogP contribution in [0.5, 0.6) is 0 Å². The summed E-state index contributed by atoms with van der Waals surface area (Å²) in [5, 5.41) is 3.51. The van der Waals surface area contributed by atoms with Gasteiger partial charge in [-0.3, -0.25) is 0 Å². The SMILES string of the molecule is Cc1cc(C(C)NCc2ccc(F)cc2C)c(C)s1. The fourth-order valence-corrected chi connectivity index (χ4v) is 3.33. The van der Waals surface area contributed by atoms with Crippen molar-refractivity contribution in [3.05, 3.63) is 56.5 Å². The van der Waals surface area contributed by atoms with E-state index in [0.29, 0.717) is 6.04 Å². The molecule has 1 unspecified atom stereocenters. The summed E-state index contributed by atoms with van der Waals surface area (Å²) >= 11 is 1.83. The highest BCUT2D eigenvalue weighted by Crippen LogP contribution is 2.26. The van der Waals surface area contributed by atoms with Crippen LogP contribution in [0.3, 0.4) is 0 Å². The molecule has 1 heterocycles. The summed E-state index contributed by atoms with van der Waals surface area (Å²) in [5.74, 6) is -0.168. The van der Waals surface area contributed by atoms with Crippen molar-refractivity contribution in [2.75, 3.05) is 0 Å². The van der Waals surface area contributed by atoms with Crippen molar-refractivity contribution in [1.82, 2.24) is 5.32 Å². The molecule has 3 heteroatoms. The van der Waals surface area contributed by atoms with Gasteiger partial charge in [0.1, 0.15) is 5.82 Å². The Morgan fingerprint density at radius 3 is 2.53 bits per heavy atom. The minimum absolute atomic E-state index is 0.168. The largest absolute Gasteiger partial charge is 0.306 e. The van der Waals surface area contributed by atoms with E-state index in [4.69, 9.17) is 0 Å². The van der Waals surface area contributed by atoms with Crippen LogP contribution in [0.2, 0.25) is 0 Å². The number of hydrogen-bond donors (Lipinski definition) is 1. The van der Waals surface area contributed by atoms with Gasteiger partial charge in [-0.25, -0.2) is 4.39 Å². The van der Waals surface area contributed by atoms with Gasteiger partial charge in [0, 0.05) is 22.3 Å². The van der Waals surface area contributed by atoms with Crippen molar-refractivity contribution in [2.24, 2.45) is 0 Å². The van der Waals surface area contributed by atoms with Gasteiger partial charge in [0.2, 0.25) is 0 Å². The van der Waals surface area contributed by atoms with Crippen LogP contribution in [0, 0.1) is 26.6 Å². The van der Waals surface area contributed by atoms with Crippen molar-refractivity contribution in [1.29, 1.82) is 0 Å². The monoisotopic (exact) mass is 277 g/mol. The lowest BCUT2D eigenvalue weighted by Gasteiger charge is -2.15. The first-order valence-corrected chi connectivity index (χ1v) is 7.34. The van der Waals surface area contributed by atoms with Crippen LogP contribution in [0.25, 0.3) is 0 Å². The molecule has 1 N–H and O–H groups in total. The lowest BCUT2D eigenvalue weighted by molar-refractivity contribution is 0.570. The second-order valence-electron chi connectivity index (χ2n) is 5.04. The maximum absolute atomic E-state index is 13.0. The second-order valence-corrected chi connectivity index (χ2v) is 6.50. The fourth-order valence-electron chi connectivity index (χ4n) is 2.31. The third-order valence-electron chi connectivity index (χ3n) is 3.45. The molecule has 1 nitrogen and oxygen atoms in total. The van der Waals surface area contributed by atoms with Gasteiger partial charge < -0.3 is 5.32 Å². The second kappa shape index (κ2) is 5.85. The van der Waals surface area contributed by atoms with E-state index < -0.39 is 0 Å². The molecule has 0 saturated heterocycles. The molecule has 1 atom stereocenters. The average molecular weight is 277 g/mol. The number of aryl methyl sites for hydroxylation is 3. The number of halogens is 1. The molecule has 0 saturated carbocycles. The highest BCUT2D eigenvalue weighted by atomic mass is 32.1. The van der Waals surface area contributed by atoms with Crippen molar-refractivity contribution >= 4 is 11.3 Å². The third-order valence-corrected chi connectivity index (χ3v) is 4.43. The van der Waals surface area contributed by atoms with Crippen molar-refractivity contribution in [3.8, 4) is 0 Å². The number of thiophene rings is 1. The molecule has 1 aromatic heterocycles. The Labute approximate surface area is 118 Å². The maximum Gasteiger partial charge on any atom is 0.123 e. The van der Waals surface area contributed by atoms with Crippen LogP contribution in [0.15, 0.2) is 24.3 Å². The summed E-state index contributed by atoms with van der Waals surface area (Å²) in [6.07, 6.45) is 0. The molecule has 2 aromatic rings. The van der Waals surface area contributed by atoms with Gasteiger partial charge in [-0.1, -0.05) is 6.07 Å². The number of rotatable bonds is 4. The van der Waals surface area contributed by atoms with E-state index >= 15 is 0 Å². The topological polar surface area (TPSA) is 12.0 Å². The smallest absolute Gasteiger partial charge is 0.123 e. The van der Waals surface area contributed by atoms with E-state index in [9.17, 15) is 4.39 Å². The molecule has 0 aliphatic rings. The lowest BCUT2D eigenvalue weighted by atomic mass is 10.1. The molecule has 19 heavy (non-hydrogen) atoms. The first-order valence-electron chi connectivity index (χ1n) is 6.52. The van der Waals surface area contributed by atoms with Crippen LogP contribution >= 0.6 is 11.3 Å². The van der Waals surface area contributed by atoms with Gasteiger partial charge in [-0.05, 0) is 62.6 Å². The first kappa shape index (κ1) is 14.2. The normalized spacial score (nSPS) is 12.7. The molecule has 0 aliphatic heterocycles. The lowest BCUT2D eigenvalue weighted by Crippen LogP contribution is -2.18. The van der Waals surface area contributed by atoms with Crippen LogP contribution in [-0.4, -0.2) is 0 Å². The Hall–Kier alpha value is -1.19. The molecular formula is C16H20FNS. The van der Waals surface area contributed by atoms with Gasteiger partial charge in [0.15, 0.2) is 0 Å². The summed E-state index contributed by atoms with van der Waals surface area (Å²) in [6.45, 7) is 9.19. The quantitative estimate of drug-likeness (QED) is 0.856. The van der Waals surface area contributed by atoms with Gasteiger partial charge in [0.05, 0.1) is 0 Å². The van der Waals surface area contributed by atoms with Crippen LogP contribution in [0.4, 0.5) is 4.39 Å². The van der Waals surface area contributed by atoms with E-state index in [0.717, 1.165) is 17.7 Å². The first-order chi connectivity index (χ1) is 8.97. The highest BCUT2D eigenvalue weighted by molar-refractivity contribution is 7.12. The summed E-state index contributed by atoms with van der Waals surface area (Å²) in [5.41, 5.74) is 3.51. The van der Waals surface area contributed by atoms with Gasteiger partial charge in [-0.2, -0.15) is 0 Å². The van der Waals surface area contributed by atoms with Crippen LogP contribution in [0.1, 0.15) is 39.4 Å². The van der Waals surface area contributed by atoms with Gasteiger partial charge in [0.25, 0.3) is 0 Å². The Kier molecular flexibility index (Phi) is 4.38. The zero-order valence-electron chi connectivity index (χ0n) is 11.9. The van der Waals surface area contributed by atoms with E-state index in [1.165, 1.54) is 21.4 Å². The van der Waals surface area contributed by atoms with Crippen LogP contribution in [-0.2, 0) is 6.54 Å². The van der Waals surface area contributed by atoms with Gasteiger partial charge >= 0.3 is 0 Å². The molecule has 0 spiro atoms. The third kappa shape index (κ3) is 3.43. The van der Waals surface area contributed by atoms with E-state index in [1.807, 2.05) is 24.3 Å². The molecule has 102 valence electrons. The number of hydrogen-bond acceptors (Lipinski definition) is 2. The van der Waals surface area contributed by atoms with Gasteiger partial charge in [-0.15, -0.1) is 11.3 Å². The zero-order valence-corrected chi connectivity index (χ0v) is 12.7. The molecule has 2 rings (SSSR count). The van der Waals surface area contributed by atoms with E-state index in [-0.39, 0.29) is 5.82 Å². The summed E-state index contributed by atoms with van der Waals surface area (Å²) < 4.78 is 13.0. The number of benzene rings is 1. The molecule has 1 aromatic carbocycles. The highest BCUT2D eigenvalue weighted by Gasteiger charge is 2.11. The Balaban J connectivity index is 2.04. The standard InChI is InChI=1S/C16H20FNS/c1-10-7-15(17)6-5-14(10)9-18-12(3)16-8-11(2)19-13(16)4/h5-8,12,18H,9H2,1-4H3. The molecule has 0 radical (unpaired) electrons. The predicted octanol–water partition coefficient (Wildman–Crippen LogP) is 4.66. The molecule has 0 fully saturated rings. The van der Waals surface area contributed by atoms with E-state index in [1.54, 1.807) is 6.07 Å². The molecule has 0 aliphatic carbocycles. The Morgan fingerprint density at radius 1 is 1.21 bits per heavy atom. The molecular weight excluding hydrogens is 257 g/mol. The maximum atomic E-state index is 13.0. The molecule has 0 amide bonds. The Bertz CT molecular complexity index is 574. The average Bonchev–Trinajstić information content (AvgIpc) is 2.67. The van der Waals surface area contributed by atoms with Crippen molar-refractivity contribution in [3.63, 3.8) is 0 Å². The Morgan fingerprint density at radius 2 is 1.95 bits per heavy atom. The minimum Gasteiger partial charge on any atom is -0.306 e. The molecule has 0 bridgehead atoms. The van der Waals surface area contributed by atoms with Crippen molar-refractivity contribution < 1.29 is 4.39 Å². The van der Waals surface area contributed by atoms with E-state index in [2.05, 4.69) is 32.2 Å². The fraction of sp³-hybridized carbons (Fsp3) is 0.375. The predicted molar refractivity (Wildman–Crippen MR) is 80.2 cm³/mol. The van der Waals surface area contributed by atoms with Crippen LogP contribution < -0.4 is 5.32 Å². The zero-order chi connectivity index (χ0) is 14.0. The van der Waals surface area contributed by atoms with Crippen molar-refractivity contribution in [2.45, 2.75) is 40.3 Å². The minimum atomic E-state index is -0.168. The summed E-state index contributed by atoms with van der Waals surface area (Å²) in [6, 6.07) is 7.52. The summed E-state index contributed by atoms with van der Waals surface area (Å²) in [4.78, 5) is 2.72.